The molecule has 1 aromatic carbocycles. The van der Waals surface area contributed by atoms with Gasteiger partial charge in [-0.3, -0.25) is 0 Å². The second kappa shape index (κ2) is 5.34. The van der Waals surface area contributed by atoms with Gasteiger partial charge in [0.25, 0.3) is 0 Å². The molecule has 0 aliphatic rings. The fourth-order valence-electron chi connectivity index (χ4n) is 1.51. The number of anilines is 1. The van der Waals surface area contributed by atoms with E-state index in [-0.39, 0.29) is 0 Å². The average molecular weight is 361 g/mol. The van der Waals surface area contributed by atoms with Crippen molar-refractivity contribution in [2.45, 2.75) is 13.0 Å². The van der Waals surface area contributed by atoms with Crippen molar-refractivity contribution in [3.63, 3.8) is 0 Å². The van der Waals surface area contributed by atoms with Crippen LogP contribution in [0, 0.1) is 0 Å². The number of halogens is 2. The van der Waals surface area contributed by atoms with Crippen LogP contribution in [0.25, 0.3) is 0 Å². The molecule has 0 bridgehead atoms. The van der Waals surface area contributed by atoms with E-state index in [0.717, 1.165) is 10.2 Å². The Morgan fingerprint density at radius 1 is 1.25 bits per heavy atom. The molecule has 2 aromatic rings. The molecule has 1 unspecified atom stereocenters. The van der Waals surface area contributed by atoms with Crippen molar-refractivity contribution in [3.05, 3.63) is 49.5 Å². The van der Waals surface area contributed by atoms with E-state index in [1.54, 1.807) is 11.3 Å². The van der Waals surface area contributed by atoms with Gasteiger partial charge in [-0.05, 0) is 52.5 Å². The van der Waals surface area contributed by atoms with Gasteiger partial charge in [0, 0.05) is 19.5 Å². The van der Waals surface area contributed by atoms with Gasteiger partial charge in [-0.25, -0.2) is 0 Å². The van der Waals surface area contributed by atoms with Crippen molar-refractivity contribution in [3.8, 4) is 0 Å². The topological polar surface area (TPSA) is 12.0 Å². The summed E-state index contributed by atoms with van der Waals surface area (Å²) in [6, 6.07) is 10.6. The largest absolute Gasteiger partial charge is 0.378 e. The van der Waals surface area contributed by atoms with Crippen LogP contribution in [-0.2, 0) is 0 Å². The summed E-state index contributed by atoms with van der Waals surface area (Å²) < 4.78 is 2.27. The van der Waals surface area contributed by atoms with E-state index in [0.29, 0.717) is 6.04 Å². The van der Waals surface area contributed by atoms with Crippen LogP contribution in [0.5, 0.6) is 0 Å². The van der Waals surface area contributed by atoms with Crippen molar-refractivity contribution >= 4 is 48.9 Å². The highest BCUT2D eigenvalue weighted by Gasteiger charge is 2.10. The van der Waals surface area contributed by atoms with Crippen LogP contribution in [0.3, 0.4) is 0 Å². The third-order valence-electron chi connectivity index (χ3n) is 2.25. The molecule has 0 aliphatic heterocycles. The van der Waals surface area contributed by atoms with Crippen molar-refractivity contribution in [1.29, 1.82) is 0 Å². The number of rotatable bonds is 3. The van der Waals surface area contributed by atoms with Gasteiger partial charge in [-0.2, -0.15) is 0 Å². The maximum absolute atomic E-state index is 3.56. The Balaban J connectivity index is 2.14. The van der Waals surface area contributed by atoms with Crippen LogP contribution < -0.4 is 5.32 Å². The minimum atomic E-state index is 0.309. The molecule has 0 radical (unpaired) electrons. The molecule has 4 heteroatoms. The van der Waals surface area contributed by atoms with Gasteiger partial charge >= 0.3 is 0 Å². The van der Waals surface area contributed by atoms with Crippen molar-refractivity contribution in [2.75, 3.05) is 5.32 Å². The first kappa shape index (κ1) is 12.1. The number of thiophene rings is 1. The molecule has 0 saturated heterocycles. The molecule has 1 heterocycles. The Morgan fingerprint density at radius 3 is 2.69 bits per heavy atom. The van der Waals surface area contributed by atoms with Gasteiger partial charge in [-0.15, -0.1) is 11.3 Å². The smallest absolute Gasteiger partial charge is 0.0589 e. The summed E-state index contributed by atoms with van der Waals surface area (Å²) in [5.74, 6) is 0. The lowest BCUT2D eigenvalue weighted by atomic mass is 10.2. The van der Waals surface area contributed by atoms with E-state index >= 15 is 0 Å². The molecule has 0 fully saturated rings. The number of benzene rings is 1. The summed E-state index contributed by atoms with van der Waals surface area (Å²) in [6.45, 7) is 2.16. The molecule has 1 nitrogen and oxygen atoms in total. The average Bonchev–Trinajstić information content (AvgIpc) is 2.64. The van der Waals surface area contributed by atoms with Gasteiger partial charge in [0.15, 0.2) is 0 Å². The van der Waals surface area contributed by atoms with Gasteiger partial charge in [-0.1, -0.05) is 22.0 Å². The van der Waals surface area contributed by atoms with E-state index in [4.69, 9.17) is 0 Å². The molecule has 0 saturated carbocycles. The van der Waals surface area contributed by atoms with Crippen LogP contribution in [0.1, 0.15) is 17.8 Å². The van der Waals surface area contributed by atoms with Crippen LogP contribution in [0.15, 0.2) is 44.7 Å². The first-order chi connectivity index (χ1) is 7.66. The fourth-order valence-corrected chi connectivity index (χ4v) is 3.63. The summed E-state index contributed by atoms with van der Waals surface area (Å²) in [7, 11) is 0. The third kappa shape index (κ3) is 2.87. The first-order valence-corrected chi connectivity index (χ1v) is 7.38. The molecular weight excluding hydrogens is 350 g/mol. The summed E-state index contributed by atoms with van der Waals surface area (Å²) in [5.41, 5.74) is 1.13. The lowest BCUT2D eigenvalue weighted by Crippen LogP contribution is -2.05. The van der Waals surface area contributed by atoms with Crippen molar-refractivity contribution in [2.24, 2.45) is 0 Å². The highest BCUT2D eigenvalue weighted by atomic mass is 79.9. The Labute approximate surface area is 116 Å². The summed E-state index contributed by atoms with van der Waals surface area (Å²) in [4.78, 5) is 1.32. The fraction of sp³-hybridized carbons (Fsp3) is 0.167. The van der Waals surface area contributed by atoms with E-state index in [1.165, 1.54) is 9.35 Å². The molecule has 1 aromatic heterocycles. The maximum atomic E-state index is 3.56. The van der Waals surface area contributed by atoms with E-state index < -0.39 is 0 Å². The molecule has 1 atom stereocenters. The Bertz CT molecular complexity index is 481. The predicted molar refractivity (Wildman–Crippen MR) is 78.2 cm³/mol. The monoisotopic (exact) mass is 359 g/mol. The predicted octanol–water partition coefficient (Wildman–Crippen LogP) is 5.45. The molecule has 0 amide bonds. The Kier molecular flexibility index (Phi) is 4.05. The molecule has 2 rings (SSSR count). The Morgan fingerprint density at radius 2 is 2.06 bits per heavy atom. The van der Waals surface area contributed by atoms with Crippen molar-refractivity contribution < 1.29 is 0 Å². The highest BCUT2D eigenvalue weighted by molar-refractivity contribution is 9.10. The third-order valence-corrected chi connectivity index (χ3v) is 4.79. The van der Waals surface area contributed by atoms with Gasteiger partial charge < -0.3 is 5.32 Å². The number of hydrogen-bond acceptors (Lipinski definition) is 2. The van der Waals surface area contributed by atoms with Crippen LogP contribution >= 0.6 is 43.2 Å². The zero-order chi connectivity index (χ0) is 11.5. The molecule has 0 spiro atoms. The minimum Gasteiger partial charge on any atom is -0.378 e. The second-order valence-corrected chi connectivity index (χ2v) is 6.23. The molecule has 16 heavy (non-hydrogen) atoms. The molecule has 84 valence electrons. The van der Waals surface area contributed by atoms with Crippen LogP contribution in [0.4, 0.5) is 5.69 Å². The number of nitrogens with one attached hydrogen (secondary N) is 1. The lowest BCUT2D eigenvalue weighted by molar-refractivity contribution is 0.903. The van der Waals surface area contributed by atoms with Crippen LogP contribution in [-0.4, -0.2) is 0 Å². The van der Waals surface area contributed by atoms with E-state index in [9.17, 15) is 0 Å². The second-order valence-electron chi connectivity index (χ2n) is 3.51. The summed E-state index contributed by atoms with van der Waals surface area (Å²) in [6.07, 6.45) is 0. The highest BCUT2D eigenvalue weighted by Crippen LogP contribution is 2.31. The van der Waals surface area contributed by atoms with E-state index in [1.807, 2.05) is 12.1 Å². The SMILES string of the molecule is CC(Nc1cccc(Br)c1)c1sccc1Br. The van der Waals surface area contributed by atoms with E-state index in [2.05, 4.69) is 67.7 Å². The zero-order valence-electron chi connectivity index (χ0n) is 8.71. The van der Waals surface area contributed by atoms with Gasteiger partial charge in [0.1, 0.15) is 0 Å². The quantitative estimate of drug-likeness (QED) is 0.767. The number of hydrogen-bond donors (Lipinski definition) is 1. The molecular formula is C12H11Br2NS. The lowest BCUT2D eigenvalue weighted by Gasteiger charge is -2.14. The van der Waals surface area contributed by atoms with Crippen LogP contribution in [0.2, 0.25) is 0 Å². The van der Waals surface area contributed by atoms with Crippen molar-refractivity contribution in [1.82, 2.24) is 0 Å². The molecule has 0 aliphatic carbocycles. The minimum absolute atomic E-state index is 0.309. The van der Waals surface area contributed by atoms with Gasteiger partial charge in [0.2, 0.25) is 0 Å². The Hall–Kier alpha value is -0.320. The standard InChI is InChI=1S/C12H11Br2NS/c1-8(12-11(14)5-6-16-12)15-10-4-2-3-9(13)7-10/h2-8,15H,1H3. The normalized spacial score (nSPS) is 12.4. The van der Waals surface area contributed by atoms with Gasteiger partial charge in [0.05, 0.1) is 6.04 Å². The summed E-state index contributed by atoms with van der Waals surface area (Å²) in [5, 5.41) is 5.57. The maximum Gasteiger partial charge on any atom is 0.0589 e. The summed E-state index contributed by atoms with van der Waals surface area (Å²) >= 11 is 8.78. The zero-order valence-corrected chi connectivity index (χ0v) is 12.7. The molecule has 1 N–H and O–H groups in total. The first-order valence-electron chi connectivity index (χ1n) is 4.92.